The second-order valence-corrected chi connectivity index (χ2v) is 8.96. The first-order chi connectivity index (χ1) is 14.1. The van der Waals surface area contributed by atoms with E-state index in [1.807, 2.05) is 24.3 Å². The number of rotatable bonds is 7. The van der Waals surface area contributed by atoms with Gasteiger partial charge >= 0.3 is 0 Å². The van der Waals surface area contributed by atoms with Crippen LogP contribution in [0.2, 0.25) is 0 Å². The average Bonchev–Trinajstić information content (AvgIpc) is 3.28. The van der Waals surface area contributed by atoms with Crippen LogP contribution in [0.1, 0.15) is 24.4 Å². The van der Waals surface area contributed by atoms with Crippen molar-refractivity contribution >= 4 is 10.0 Å². The number of hydrogen-bond acceptors (Lipinski definition) is 6. The summed E-state index contributed by atoms with van der Waals surface area (Å²) >= 11 is 0. The zero-order valence-electron chi connectivity index (χ0n) is 16.5. The average molecular weight is 419 g/mol. The van der Waals surface area contributed by atoms with Crippen molar-refractivity contribution in [1.29, 1.82) is 0 Å². The van der Waals surface area contributed by atoms with Crippen LogP contribution in [0.15, 0.2) is 47.4 Å². The third-order valence-electron chi connectivity index (χ3n) is 5.37. The first-order valence-corrected chi connectivity index (χ1v) is 11.3. The number of fused-ring (bicyclic) bond motifs is 1. The van der Waals surface area contributed by atoms with Crippen molar-refractivity contribution in [2.24, 2.45) is 0 Å². The summed E-state index contributed by atoms with van der Waals surface area (Å²) in [5.41, 5.74) is 1.07. The van der Waals surface area contributed by atoms with Crippen molar-refractivity contribution < 1.29 is 22.6 Å². The van der Waals surface area contributed by atoms with Gasteiger partial charge in [-0.25, -0.2) is 13.1 Å². The van der Waals surface area contributed by atoms with Crippen LogP contribution in [0.5, 0.6) is 17.2 Å². The minimum absolute atomic E-state index is 0.0320. The number of methoxy groups -OCH3 is 1. The molecule has 2 aliphatic heterocycles. The molecule has 0 radical (unpaired) electrons. The summed E-state index contributed by atoms with van der Waals surface area (Å²) in [6.07, 6.45) is 2.25. The predicted molar refractivity (Wildman–Crippen MR) is 109 cm³/mol. The van der Waals surface area contributed by atoms with Gasteiger partial charge in [0.2, 0.25) is 10.0 Å². The molecule has 7 nitrogen and oxygen atoms in total. The highest BCUT2D eigenvalue weighted by molar-refractivity contribution is 7.89. The quantitative estimate of drug-likeness (QED) is 0.745. The van der Waals surface area contributed by atoms with Crippen LogP contribution < -0.4 is 18.9 Å². The smallest absolute Gasteiger partial charge is 0.240 e. The van der Waals surface area contributed by atoms with Gasteiger partial charge in [-0.3, -0.25) is 4.90 Å². The summed E-state index contributed by atoms with van der Waals surface area (Å²) in [5, 5.41) is 0. The SMILES string of the molecule is COc1ccc(C(CNS(=O)(=O)c2ccc3c(c2)OCCO3)N2CCCC2)cc1. The molecule has 1 unspecified atom stereocenters. The molecule has 0 saturated carbocycles. The molecule has 0 bridgehead atoms. The fourth-order valence-electron chi connectivity index (χ4n) is 3.80. The number of hydrogen-bond donors (Lipinski definition) is 1. The second-order valence-electron chi connectivity index (χ2n) is 7.19. The molecule has 0 spiro atoms. The van der Waals surface area contributed by atoms with Gasteiger partial charge in [-0.05, 0) is 55.8 Å². The number of nitrogens with one attached hydrogen (secondary N) is 1. The number of likely N-dealkylation sites (tertiary alicyclic amines) is 1. The van der Waals surface area contributed by atoms with Crippen LogP contribution in [-0.4, -0.2) is 53.3 Å². The fourth-order valence-corrected chi connectivity index (χ4v) is 4.85. The maximum atomic E-state index is 12.9. The van der Waals surface area contributed by atoms with E-state index in [1.54, 1.807) is 19.2 Å². The molecule has 0 aliphatic carbocycles. The Bertz CT molecular complexity index is 940. The number of sulfonamides is 1. The van der Waals surface area contributed by atoms with E-state index in [9.17, 15) is 8.42 Å². The van der Waals surface area contributed by atoms with Crippen molar-refractivity contribution in [3.63, 3.8) is 0 Å². The Morgan fingerprint density at radius 2 is 1.72 bits per heavy atom. The van der Waals surface area contributed by atoms with Crippen molar-refractivity contribution in [3.8, 4) is 17.2 Å². The first-order valence-electron chi connectivity index (χ1n) is 9.84. The minimum Gasteiger partial charge on any atom is -0.497 e. The van der Waals surface area contributed by atoms with Gasteiger partial charge in [0.15, 0.2) is 11.5 Å². The Hall–Kier alpha value is -2.29. The maximum absolute atomic E-state index is 12.9. The molecule has 2 aromatic rings. The van der Waals surface area contributed by atoms with Gasteiger partial charge < -0.3 is 14.2 Å². The third-order valence-corrected chi connectivity index (χ3v) is 6.79. The molecule has 0 aromatic heterocycles. The van der Waals surface area contributed by atoms with Crippen LogP contribution in [0.4, 0.5) is 0 Å². The van der Waals surface area contributed by atoms with E-state index in [0.717, 1.165) is 37.2 Å². The van der Waals surface area contributed by atoms with Crippen molar-refractivity contribution in [1.82, 2.24) is 9.62 Å². The first kappa shape index (κ1) is 20.0. The normalized spacial score (nSPS) is 17.8. The second kappa shape index (κ2) is 8.61. The molecular weight excluding hydrogens is 392 g/mol. The minimum atomic E-state index is -3.68. The third kappa shape index (κ3) is 4.49. The van der Waals surface area contributed by atoms with Crippen LogP contribution in [0, 0.1) is 0 Å². The Labute approximate surface area is 171 Å². The zero-order chi connectivity index (χ0) is 20.3. The molecule has 0 amide bonds. The van der Waals surface area contributed by atoms with Gasteiger partial charge in [-0.15, -0.1) is 0 Å². The van der Waals surface area contributed by atoms with Crippen LogP contribution >= 0.6 is 0 Å². The highest BCUT2D eigenvalue weighted by atomic mass is 32.2. The molecule has 1 saturated heterocycles. The Balaban J connectivity index is 1.52. The number of benzene rings is 2. The van der Waals surface area contributed by atoms with E-state index in [1.165, 1.54) is 6.07 Å². The lowest BCUT2D eigenvalue weighted by Crippen LogP contribution is -2.36. The van der Waals surface area contributed by atoms with Crippen LogP contribution in [0.3, 0.4) is 0 Å². The van der Waals surface area contributed by atoms with E-state index in [-0.39, 0.29) is 10.9 Å². The van der Waals surface area contributed by atoms with Crippen molar-refractivity contribution in [2.75, 3.05) is 40.0 Å². The zero-order valence-corrected chi connectivity index (χ0v) is 17.3. The largest absolute Gasteiger partial charge is 0.497 e. The lowest BCUT2D eigenvalue weighted by molar-refractivity contribution is 0.171. The molecule has 2 aromatic carbocycles. The highest BCUT2D eigenvalue weighted by Gasteiger charge is 2.26. The van der Waals surface area contributed by atoms with Crippen molar-refractivity contribution in [2.45, 2.75) is 23.8 Å². The lowest BCUT2D eigenvalue weighted by atomic mass is 10.1. The molecule has 1 N–H and O–H groups in total. The standard InChI is InChI=1S/C21H26N2O5S/c1-26-17-6-4-16(5-7-17)19(23-10-2-3-11-23)15-22-29(24,25)18-8-9-20-21(14-18)28-13-12-27-20/h4-9,14,19,22H,2-3,10-13,15H2,1H3. The van der Waals surface area contributed by atoms with E-state index >= 15 is 0 Å². The van der Waals surface area contributed by atoms with Gasteiger partial charge in [0.05, 0.1) is 12.0 Å². The summed E-state index contributed by atoms with van der Waals surface area (Å²) in [4.78, 5) is 2.50. The fraction of sp³-hybridized carbons (Fsp3) is 0.429. The molecule has 29 heavy (non-hydrogen) atoms. The molecule has 1 atom stereocenters. The van der Waals surface area contributed by atoms with E-state index in [4.69, 9.17) is 14.2 Å². The Morgan fingerprint density at radius 3 is 2.41 bits per heavy atom. The summed E-state index contributed by atoms with van der Waals surface area (Å²) in [6, 6.07) is 12.5. The summed E-state index contributed by atoms with van der Waals surface area (Å²) < 4.78 is 44.9. The molecule has 2 heterocycles. The topological polar surface area (TPSA) is 77.1 Å². The number of ether oxygens (including phenoxy) is 3. The molecule has 2 aliphatic rings. The van der Waals surface area contributed by atoms with Crippen LogP contribution in [0.25, 0.3) is 0 Å². The van der Waals surface area contributed by atoms with Gasteiger partial charge in [0.25, 0.3) is 0 Å². The molecule has 156 valence electrons. The van der Waals surface area contributed by atoms with E-state index < -0.39 is 10.0 Å². The summed E-state index contributed by atoms with van der Waals surface area (Å²) in [5.74, 6) is 1.82. The van der Waals surface area contributed by atoms with Crippen LogP contribution in [-0.2, 0) is 10.0 Å². The Kier molecular flexibility index (Phi) is 5.94. The van der Waals surface area contributed by atoms with Gasteiger partial charge in [-0.1, -0.05) is 12.1 Å². The molecule has 4 rings (SSSR count). The predicted octanol–water partition coefficient (Wildman–Crippen LogP) is 2.58. The van der Waals surface area contributed by atoms with E-state index in [0.29, 0.717) is 31.3 Å². The van der Waals surface area contributed by atoms with Gasteiger partial charge in [0.1, 0.15) is 19.0 Å². The monoisotopic (exact) mass is 418 g/mol. The van der Waals surface area contributed by atoms with Gasteiger partial charge in [0, 0.05) is 18.7 Å². The number of nitrogens with zero attached hydrogens (tertiary/aromatic N) is 1. The highest BCUT2D eigenvalue weighted by Crippen LogP contribution is 2.32. The van der Waals surface area contributed by atoms with Crippen molar-refractivity contribution in [3.05, 3.63) is 48.0 Å². The van der Waals surface area contributed by atoms with E-state index in [2.05, 4.69) is 9.62 Å². The maximum Gasteiger partial charge on any atom is 0.240 e. The lowest BCUT2D eigenvalue weighted by Gasteiger charge is -2.28. The summed E-state index contributed by atoms with van der Waals surface area (Å²) in [7, 11) is -2.04. The Morgan fingerprint density at radius 1 is 1.03 bits per heavy atom. The van der Waals surface area contributed by atoms with Gasteiger partial charge in [-0.2, -0.15) is 0 Å². The molecule has 8 heteroatoms. The molecule has 1 fully saturated rings. The molecular formula is C21H26N2O5S. The summed E-state index contributed by atoms with van der Waals surface area (Å²) in [6.45, 7) is 3.10.